The number of aromatic carboxylic acids is 1. The number of aliphatic hydroxyl groups is 2. The van der Waals surface area contributed by atoms with Crippen LogP contribution in [-0.4, -0.2) is 40.0 Å². The third-order valence-corrected chi connectivity index (χ3v) is 2.69. The molecule has 0 aliphatic heterocycles. The van der Waals surface area contributed by atoms with E-state index >= 15 is 0 Å². The Kier molecular flexibility index (Phi) is 5.48. The van der Waals surface area contributed by atoms with E-state index in [0.29, 0.717) is 0 Å². The van der Waals surface area contributed by atoms with Crippen LogP contribution in [0.15, 0.2) is 18.2 Å². The quantitative estimate of drug-likeness (QED) is 0.436. The molecule has 0 heterocycles. The zero-order valence-corrected chi connectivity index (χ0v) is 10.9. The summed E-state index contributed by atoms with van der Waals surface area (Å²) in [6.07, 6.45) is -3.08. The fourth-order valence-corrected chi connectivity index (χ4v) is 1.68. The van der Waals surface area contributed by atoms with E-state index in [1.165, 1.54) is 18.2 Å². The largest absolute Gasteiger partial charge is 0.478 e. The second-order valence-electron chi connectivity index (χ2n) is 4.17. The number of nitrogens with two attached hydrogens (primary N) is 1. The van der Waals surface area contributed by atoms with Gasteiger partial charge in [0.05, 0.1) is 24.7 Å². The Hall–Kier alpha value is -2.12. The van der Waals surface area contributed by atoms with Crippen LogP contribution in [0.2, 0.25) is 0 Å². The highest BCUT2D eigenvalue weighted by Crippen LogP contribution is 2.23. The van der Waals surface area contributed by atoms with Crippen LogP contribution in [0, 0.1) is 0 Å². The summed E-state index contributed by atoms with van der Waals surface area (Å²) in [5.74, 6) is -1.82. The number of carbonyl (C=O) groups is 2. The molecule has 0 radical (unpaired) electrons. The van der Waals surface area contributed by atoms with E-state index in [1.54, 1.807) is 6.92 Å². The van der Waals surface area contributed by atoms with E-state index < -0.39 is 24.1 Å². The van der Waals surface area contributed by atoms with Gasteiger partial charge in [0.15, 0.2) is 0 Å². The summed E-state index contributed by atoms with van der Waals surface area (Å²) < 4.78 is 4.66. The van der Waals surface area contributed by atoms with E-state index in [2.05, 4.69) is 4.74 Å². The predicted octanol–water partition coefficient (Wildman–Crippen LogP) is 0.315. The van der Waals surface area contributed by atoms with Crippen LogP contribution < -0.4 is 5.73 Å². The van der Waals surface area contributed by atoms with Gasteiger partial charge < -0.3 is 25.8 Å². The van der Waals surface area contributed by atoms with Crippen LogP contribution in [0.25, 0.3) is 0 Å². The Labute approximate surface area is 115 Å². The van der Waals surface area contributed by atoms with Gasteiger partial charge in [-0.3, -0.25) is 4.79 Å². The number of esters is 1. The molecule has 1 rings (SSSR count). The maximum absolute atomic E-state index is 11.2. The van der Waals surface area contributed by atoms with Crippen molar-refractivity contribution in [3.63, 3.8) is 0 Å². The minimum Gasteiger partial charge on any atom is -0.478 e. The molecule has 7 heteroatoms. The highest BCUT2D eigenvalue weighted by atomic mass is 16.5. The number of rotatable bonds is 6. The summed E-state index contributed by atoms with van der Waals surface area (Å²) in [5, 5.41) is 28.5. The smallest absolute Gasteiger partial charge is 0.337 e. The number of anilines is 1. The number of carboxylic acid groups (broad SMARTS) is 1. The summed E-state index contributed by atoms with van der Waals surface area (Å²) in [4.78, 5) is 22.0. The molecule has 0 aliphatic carbocycles. The van der Waals surface area contributed by atoms with E-state index in [0.717, 1.165) is 0 Å². The maximum atomic E-state index is 11.2. The second-order valence-corrected chi connectivity index (χ2v) is 4.17. The Bertz CT molecular complexity index is 502. The molecular weight excluding hydrogens is 266 g/mol. The monoisotopic (exact) mass is 283 g/mol. The molecule has 1 aromatic rings. The van der Waals surface area contributed by atoms with E-state index in [9.17, 15) is 19.8 Å². The number of carbonyl (C=O) groups excluding carboxylic acids is 1. The summed E-state index contributed by atoms with van der Waals surface area (Å²) in [7, 11) is 0. The summed E-state index contributed by atoms with van der Waals surface area (Å²) in [5.41, 5.74) is 5.64. The SMILES string of the molecule is CCOC(=O)CC(O)C(O)c1ccc(C(=O)O)c(N)c1. The van der Waals surface area contributed by atoms with Gasteiger partial charge in [0.2, 0.25) is 0 Å². The van der Waals surface area contributed by atoms with Gasteiger partial charge in [-0.05, 0) is 24.6 Å². The lowest BCUT2D eigenvalue weighted by Gasteiger charge is -2.18. The molecule has 0 spiro atoms. The summed E-state index contributed by atoms with van der Waals surface area (Å²) >= 11 is 0. The second kappa shape index (κ2) is 6.88. The van der Waals surface area contributed by atoms with Crippen LogP contribution in [0.5, 0.6) is 0 Å². The first-order valence-electron chi connectivity index (χ1n) is 6.01. The van der Waals surface area contributed by atoms with Crippen LogP contribution in [-0.2, 0) is 9.53 Å². The van der Waals surface area contributed by atoms with Gasteiger partial charge >= 0.3 is 11.9 Å². The van der Waals surface area contributed by atoms with Crippen molar-refractivity contribution < 1.29 is 29.6 Å². The predicted molar refractivity (Wildman–Crippen MR) is 70.0 cm³/mol. The minimum absolute atomic E-state index is 0.0302. The Morgan fingerprint density at radius 2 is 2.00 bits per heavy atom. The van der Waals surface area contributed by atoms with Crippen molar-refractivity contribution in [2.24, 2.45) is 0 Å². The Morgan fingerprint density at radius 3 is 2.50 bits per heavy atom. The molecule has 2 atom stereocenters. The zero-order valence-electron chi connectivity index (χ0n) is 10.9. The number of hydrogen-bond acceptors (Lipinski definition) is 6. The van der Waals surface area contributed by atoms with Crippen molar-refractivity contribution in [3.8, 4) is 0 Å². The molecule has 0 amide bonds. The first-order chi connectivity index (χ1) is 9.36. The van der Waals surface area contributed by atoms with Gasteiger partial charge in [-0.25, -0.2) is 4.79 Å². The fourth-order valence-electron chi connectivity index (χ4n) is 1.68. The van der Waals surface area contributed by atoms with Crippen molar-refractivity contribution in [1.29, 1.82) is 0 Å². The number of aliphatic hydroxyl groups excluding tert-OH is 2. The third kappa shape index (κ3) is 3.94. The molecule has 1 aromatic carbocycles. The van der Waals surface area contributed by atoms with Crippen molar-refractivity contribution in [2.45, 2.75) is 25.6 Å². The molecule has 0 aliphatic rings. The zero-order chi connectivity index (χ0) is 15.3. The van der Waals surface area contributed by atoms with E-state index in [4.69, 9.17) is 10.8 Å². The Balaban J connectivity index is 2.81. The average Bonchev–Trinajstić information content (AvgIpc) is 2.37. The fraction of sp³-hybridized carbons (Fsp3) is 0.385. The van der Waals surface area contributed by atoms with Crippen molar-refractivity contribution in [3.05, 3.63) is 29.3 Å². The molecule has 0 bridgehead atoms. The molecule has 7 nitrogen and oxygen atoms in total. The standard InChI is InChI=1S/C13H17NO6/c1-2-20-11(16)6-10(15)12(17)7-3-4-8(13(18)19)9(14)5-7/h3-5,10,12,15,17H,2,6,14H2,1H3,(H,18,19). The van der Waals surface area contributed by atoms with Crippen molar-refractivity contribution in [2.75, 3.05) is 12.3 Å². The first-order valence-corrected chi connectivity index (χ1v) is 6.01. The van der Waals surface area contributed by atoms with Crippen LogP contribution in [0.1, 0.15) is 35.4 Å². The molecule has 20 heavy (non-hydrogen) atoms. The molecule has 2 unspecified atom stereocenters. The van der Waals surface area contributed by atoms with Gasteiger partial charge in [0.1, 0.15) is 6.10 Å². The number of nitrogen functional groups attached to an aromatic ring is 1. The van der Waals surface area contributed by atoms with Gasteiger partial charge in [-0.2, -0.15) is 0 Å². The number of ether oxygens (including phenoxy) is 1. The third-order valence-electron chi connectivity index (χ3n) is 2.69. The molecule has 0 saturated carbocycles. The highest BCUT2D eigenvalue weighted by Gasteiger charge is 2.23. The van der Waals surface area contributed by atoms with Gasteiger partial charge in [-0.15, -0.1) is 0 Å². The first kappa shape index (κ1) is 15.9. The number of benzene rings is 1. The number of carboxylic acids is 1. The summed E-state index contributed by atoms with van der Waals surface area (Å²) in [6, 6.07) is 3.81. The number of hydrogen-bond donors (Lipinski definition) is 4. The van der Waals surface area contributed by atoms with Crippen molar-refractivity contribution >= 4 is 17.6 Å². The molecule has 0 fully saturated rings. The lowest BCUT2D eigenvalue weighted by atomic mass is 9.99. The molecular formula is C13H17NO6. The van der Waals surface area contributed by atoms with E-state index in [-0.39, 0.29) is 29.8 Å². The minimum atomic E-state index is -1.36. The lowest BCUT2D eigenvalue weighted by molar-refractivity contribution is -0.147. The van der Waals surface area contributed by atoms with Crippen LogP contribution in [0.4, 0.5) is 5.69 Å². The topological polar surface area (TPSA) is 130 Å². The molecule has 5 N–H and O–H groups in total. The average molecular weight is 283 g/mol. The van der Waals surface area contributed by atoms with Gasteiger partial charge in [0, 0.05) is 5.69 Å². The molecule has 110 valence electrons. The molecule has 0 aromatic heterocycles. The van der Waals surface area contributed by atoms with E-state index in [1.807, 2.05) is 0 Å². The van der Waals surface area contributed by atoms with Crippen molar-refractivity contribution in [1.82, 2.24) is 0 Å². The summed E-state index contributed by atoms with van der Waals surface area (Å²) in [6.45, 7) is 1.81. The van der Waals surface area contributed by atoms with Crippen LogP contribution >= 0.6 is 0 Å². The normalized spacial score (nSPS) is 13.6. The molecule has 0 saturated heterocycles. The lowest BCUT2D eigenvalue weighted by Crippen LogP contribution is -2.23. The Morgan fingerprint density at radius 1 is 1.35 bits per heavy atom. The van der Waals surface area contributed by atoms with Gasteiger partial charge in [0.25, 0.3) is 0 Å². The van der Waals surface area contributed by atoms with Gasteiger partial charge in [-0.1, -0.05) is 6.07 Å². The van der Waals surface area contributed by atoms with Crippen LogP contribution in [0.3, 0.4) is 0 Å². The highest BCUT2D eigenvalue weighted by molar-refractivity contribution is 5.93. The maximum Gasteiger partial charge on any atom is 0.337 e.